The van der Waals surface area contributed by atoms with Gasteiger partial charge in [-0.3, -0.25) is 0 Å². The van der Waals surface area contributed by atoms with Gasteiger partial charge in [0.15, 0.2) is 0 Å². The fourth-order valence-corrected chi connectivity index (χ4v) is 19.2. The van der Waals surface area contributed by atoms with Crippen molar-refractivity contribution in [3.8, 4) is 46.0 Å². The van der Waals surface area contributed by atoms with E-state index in [2.05, 4.69) is 55.4 Å². The Hall–Kier alpha value is -4.72. The molecule has 0 aromatic heterocycles. The average molecular weight is 1110 g/mol. The van der Waals surface area contributed by atoms with Crippen molar-refractivity contribution in [2.24, 2.45) is 0 Å². The standard InChI is InChI=1S/4C18H24O2.CH4/c4*1-3-7-18(2)8-6-13-10-14(19)15-11-4-5-12(9-11)16(15)17(13)20-18;/h4*10-12,19H,3-9H2,1-2H3;1H4/t2*11-,12+,18+;2*11-,12+,18-;/m1010./s1. The van der Waals surface area contributed by atoms with Gasteiger partial charge >= 0.3 is 0 Å². The number of ether oxygens (including phenoxy) is 4. The Bertz CT molecular complexity index is 2660. The van der Waals surface area contributed by atoms with E-state index in [1.165, 1.54) is 144 Å². The van der Waals surface area contributed by atoms with Gasteiger partial charge in [0, 0.05) is 44.5 Å². The molecule has 440 valence electrons. The van der Waals surface area contributed by atoms with Crippen LogP contribution in [-0.2, 0) is 25.7 Å². The summed E-state index contributed by atoms with van der Waals surface area (Å²) >= 11 is 0. The number of benzene rings is 4. The number of fused-ring (bicyclic) bond motifs is 28. The molecule has 4 N–H and O–H groups in total. The summed E-state index contributed by atoms with van der Waals surface area (Å²) in [6.07, 6.45) is 32.6. The second-order valence-corrected chi connectivity index (χ2v) is 28.9. The zero-order valence-corrected chi connectivity index (χ0v) is 50.1. The number of phenols is 4. The minimum Gasteiger partial charge on any atom is -0.508 e. The van der Waals surface area contributed by atoms with E-state index < -0.39 is 0 Å². The van der Waals surface area contributed by atoms with Crippen molar-refractivity contribution in [2.45, 2.75) is 312 Å². The smallest absolute Gasteiger partial charge is 0.127 e. The molecule has 4 aromatic rings. The Labute approximate surface area is 486 Å². The maximum Gasteiger partial charge on any atom is 0.127 e. The van der Waals surface area contributed by atoms with Gasteiger partial charge in [-0.1, -0.05) is 60.8 Å². The number of aryl methyl sites for hydroxylation is 4. The van der Waals surface area contributed by atoms with Crippen LogP contribution in [0.15, 0.2) is 24.3 Å². The van der Waals surface area contributed by atoms with E-state index in [0.29, 0.717) is 70.3 Å². The van der Waals surface area contributed by atoms with E-state index in [1.807, 2.05) is 24.3 Å². The highest BCUT2D eigenvalue weighted by molar-refractivity contribution is 5.64. The minimum atomic E-state index is -0.00563. The first kappa shape index (κ1) is 56.7. The summed E-state index contributed by atoms with van der Waals surface area (Å²) in [6, 6.07) is 7.95. The molecular weight excluding hydrogens is 1000 g/mol. The topological polar surface area (TPSA) is 118 Å². The molecule has 12 aliphatic rings. The predicted octanol–water partition coefficient (Wildman–Crippen LogP) is 19.2. The summed E-state index contributed by atoms with van der Waals surface area (Å²) in [5.41, 5.74) is 15.3. The van der Waals surface area contributed by atoms with Crippen LogP contribution in [0.25, 0.3) is 0 Å². The third-order valence-electron chi connectivity index (χ3n) is 22.9. The second-order valence-electron chi connectivity index (χ2n) is 28.9. The lowest BCUT2D eigenvalue weighted by Gasteiger charge is -2.38. The van der Waals surface area contributed by atoms with Crippen molar-refractivity contribution in [1.82, 2.24) is 0 Å². The summed E-state index contributed by atoms with van der Waals surface area (Å²) in [5.74, 6) is 11.6. The lowest BCUT2D eigenvalue weighted by Crippen LogP contribution is -2.36. The summed E-state index contributed by atoms with van der Waals surface area (Å²) in [4.78, 5) is 0. The number of hydrogen-bond donors (Lipinski definition) is 4. The highest BCUT2D eigenvalue weighted by atomic mass is 16.5. The lowest BCUT2D eigenvalue weighted by atomic mass is 9.83. The molecule has 4 aromatic carbocycles. The number of rotatable bonds is 8. The maximum atomic E-state index is 10.4. The molecule has 4 saturated carbocycles. The van der Waals surface area contributed by atoms with Gasteiger partial charge in [-0.05, 0) is 276 Å². The van der Waals surface area contributed by atoms with E-state index in [9.17, 15) is 20.4 Å². The Kier molecular flexibility index (Phi) is 15.0. The molecule has 0 spiro atoms. The lowest BCUT2D eigenvalue weighted by molar-refractivity contribution is 0.0534. The van der Waals surface area contributed by atoms with Gasteiger partial charge in [-0.2, -0.15) is 0 Å². The third-order valence-corrected chi connectivity index (χ3v) is 22.9. The predicted molar refractivity (Wildman–Crippen MR) is 326 cm³/mol. The first-order valence-corrected chi connectivity index (χ1v) is 32.7. The molecule has 8 bridgehead atoms. The molecule has 0 unspecified atom stereocenters. The van der Waals surface area contributed by atoms with E-state index >= 15 is 0 Å². The van der Waals surface area contributed by atoms with E-state index in [4.69, 9.17) is 18.9 Å². The second kappa shape index (κ2) is 21.4. The average Bonchev–Trinajstić information content (AvgIpc) is 4.37. The van der Waals surface area contributed by atoms with Crippen LogP contribution in [0, 0.1) is 0 Å². The van der Waals surface area contributed by atoms with Crippen molar-refractivity contribution in [3.05, 3.63) is 91.0 Å². The molecule has 8 heteroatoms. The fourth-order valence-electron chi connectivity index (χ4n) is 19.2. The van der Waals surface area contributed by atoms with Crippen LogP contribution in [0.4, 0.5) is 0 Å². The van der Waals surface area contributed by atoms with Crippen molar-refractivity contribution < 1.29 is 39.4 Å². The van der Waals surface area contributed by atoms with E-state index in [1.54, 1.807) is 0 Å². The molecule has 81 heavy (non-hydrogen) atoms. The van der Waals surface area contributed by atoms with Gasteiger partial charge in [-0.15, -0.1) is 0 Å². The van der Waals surface area contributed by atoms with Gasteiger partial charge in [0.2, 0.25) is 0 Å². The first-order chi connectivity index (χ1) is 38.4. The molecular formula is C73H100O8. The SMILES string of the molecule is C.CCC[C@@]1(C)CCc2cc(O)c3c(c2O1)[C@@H]1CC[C@H]3C1.CCC[C@@]1(C)CCc2cc(O)c3c(c2O1)[C@H]1CC[C@@H]3C1.CCC[C@]1(C)CCc2cc(O)c3c(c2O1)[C@@H]1CC[C@H]3C1.CCC[C@]1(C)CCc2cc(O)c3c(c2O1)[C@H]1CC[C@@H]3C1. The summed E-state index contributed by atoms with van der Waals surface area (Å²) in [5, 5.41) is 41.5. The van der Waals surface area contributed by atoms with Crippen LogP contribution in [0.5, 0.6) is 46.0 Å². The molecule has 8 nitrogen and oxygen atoms in total. The van der Waals surface area contributed by atoms with Crippen LogP contribution in [-0.4, -0.2) is 42.8 Å². The van der Waals surface area contributed by atoms with Gasteiger partial charge in [0.1, 0.15) is 68.4 Å². The van der Waals surface area contributed by atoms with Crippen LogP contribution in [0.2, 0.25) is 0 Å². The Morgan fingerprint density at radius 1 is 0.333 bits per heavy atom. The molecule has 4 heterocycles. The minimum absolute atomic E-state index is 0. The van der Waals surface area contributed by atoms with Crippen LogP contribution in [0.1, 0.15) is 331 Å². The van der Waals surface area contributed by atoms with E-state index in [-0.39, 0.29) is 29.8 Å². The van der Waals surface area contributed by atoms with Gasteiger partial charge in [-0.25, -0.2) is 0 Å². The van der Waals surface area contributed by atoms with Crippen LogP contribution < -0.4 is 18.9 Å². The Morgan fingerprint density at radius 2 is 0.519 bits per heavy atom. The molecule has 0 amide bonds. The van der Waals surface area contributed by atoms with Gasteiger partial charge in [0.25, 0.3) is 0 Å². The number of phenolic OH excluding ortho intramolecular Hbond substituents is 4. The van der Waals surface area contributed by atoms with E-state index in [0.717, 1.165) is 126 Å². The van der Waals surface area contributed by atoms with Crippen molar-refractivity contribution >= 4 is 0 Å². The molecule has 0 radical (unpaired) electrons. The quantitative estimate of drug-likeness (QED) is 0.138. The molecule has 4 fully saturated rings. The third kappa shape index (κ3) is 9.78. The first-order valence-electron chi connectivity index (χ1n) is 32.7. The number of aromatic hydroxyl groups is 4. The summed E-state index contributed by atoms with van der Waals surface area (Å²) in [6.45, 7) is 17.9. The molecule has 12 atom stereocenters. The van der Waals surface area contributed by atoms with Gasteiger partial charge < -0.3 is 39.4 Å². The molecule has 0 saturated heterocycles. The Balaban J connectivity index is 0.000000107. The summed E-state index contributed by atoms with van der Waals surface area (Å²) < 4.78 is 26.0. The van der Waals surface area contributed by atoms with Gasteiger partial charge in [0.05, 0.1) is 0 Å². The number of hydrogen-bond acceptors (Lipinski definition) is 8. The van der Waals surface area contributed by atoms with Crippen molar-refractivity contribution in [3.63, 3.8) is 0 Å². The van der Waals surface area contributed by atoms with Crippen LogP contribution in [0.3, 0.4) is 0 Å². The summed E-state index contributed by atoms with van der Waals surface area (Å²) in [7, 11) is 0. The highest BCUT2D eigenvalue weighted by Crippen LogP contribution is 2.65. The van der Waals surface area contributed by atoms with Crippen molar-refractivity contribution in [2.75, 3.05) is 0 Å². The highest BCUT2D eigenvalue weighted by Gasteiger charge is 2.49. The van der Waals surface area contributed by atoms with Crippen LogP contribution >= 0.6 is 0 Å². The Morgan fingerprint density at radius 3 is 0.704 bits per heavy atom. The molecule has 4 aliphatic heterocycles. The fraction of sp³-hybridized carbons (Fsp3) is 0.671. The molecule has 16 rings (SSSR count). The van der Waals surface area contributed by atoms with Crippen molar-refractivity contribution in [1.29, 1.82) is 0 Å². The molecule has 8 aliphatic carbocycles. The monoisotopic (exact) mass is 1100 g/mol. The zero-order chi connectivity index (χ0) is 55.6. The maximum absolute atomic E-state index is 10.4. The zero-order valence-electron chi connectivity index (χ0n) is 50.1. The normalized spacial score (nSPS) is 33.3. The largest absolute Gasteiger partial charge is 0.508 e.